The summed E-state index contributed by atoms with van der Waals surface area (Å²) in [5.74, 6) is 0.547. The van der Waals surface area contributed by atoms with Crippen LogP contribution in [-0.2, 0) is 6.42 Å². The summed E-state index contributed by atoms with van der Waals surface area (Å²) in [7, 11) is 0. The molecule has 90 valence electrons. The van der Waals surface area contributed by atoms with Crippen LogP contribution in [0.2, 0.25) is 0 Å². The third-order valence-electron chi connectivity index (χ3n) is 4.00. The molecule has 2 unspecified atom stereocenters. The first-order chi connectivity index (χ1) is 8.34. The van der Waals surface area contributed by atoms with Gasteiger partial charge in [-0.05, 0) is 43.7 Å². The third-order valence-corrected chi connectivity index (χ3v) is 4.34. The van der Waals surface area contributed by atoms with Gasteiger partial charge >= 0.3 is 0 Å². The van der Waals surface area contributed by atoms with E-state index in [1.165, 1.54) is 43.4 Å². The molecule has 2 heteroatoms. The van der Waals surface area contributed by atoms with Crippen LogP contribution in [0.1, 0.15) is 49.3 Å². The van der Waals surface area contributed by atoms with Crippen molar-refractivity contribution < 1.29 is 0 Å². The second-order valence-corrected chi connectivity index (χ2v) is 5.70. The van der Waals surface area contributed by atoms with Crippen LogP contribution >= 0.6 is 11.6 Å². The Labute approximate surface area is 108 Å². The van der Waals surface area contributed by atoms with Crippen LogP contribution in [-0.4, -0.2) is 10.4 Å². The van der Waals surface area contributed by atoms with Crippen molar-refractivity contribution >= 4 is 11.6 Å². The molecule has 0 aromatic carbocycles. The van der Waals surface area contributed by atoms with Gasteiger partial charge in [0.2, 0.25) is 0 Å². The van der Waals surface area contributed by atoms with Crippen LogP contribution in [0.25, 0.3) is 0 Å². The Morgan fingerprint density at radius 2 is 2.12 bits per heavy atom. The highest BCUT2D eigenvalue weighted by molar-refractivity contribution is 6.21. The molecule has 0 bridgehead atoms. The van der Waals surface area contributed by atoms with Crippen molar-refractivity contribution in [2.75, 3.05) is 0 Å². The number of hydrogen-bond acceptors (Lipinski definition) is 1. The zero-order valence-electron chi connectivity index (χ0n) is 10.0. The summed E-state index contributed by atoms with van der Waals surface area (Å²) in [6.45, 7) is 0. The Balaban J connectivity index is 1.90. The van der Waals surface area contributed by atoms with Gasteiger partial charge in [0.25, 0.3) is 0 Å². The van der Waals surface area contributed by atoms with Crippen LogP contribution < -0.4 is 0 Å². The molecule has 0 radical (unpaired) electrons. The van der Waals surface area contributed by atoms with Gasteiger partial charge in [0.05, 0.1) is 11.1 Å². The number of rotatable bonds is 1. The van der Waals surface area contributed by atoms with E-state index in [4.69, 9.17) is 11.6 Å². The van der Waals surface area contributed by atoms with Gasteiger partial charge in [-0.1, -0.05) is 24.1 Å². The smallest absolute Gasteiger partial charge is 0.0518 e. The molecule has 0 amide bonds. The first kappa shape index (κ1) is 11.3. The summed E-state index contributed by atoms with van der Waals surface area (Å²) in [5, 5.41) is 0.236. The van der Waals surface area contributed by atoms with Crippen LogP contribution in [0.15, 0.2) is 30.0 Å². The number of aryl methyl sites for hydroxylation is 1. The van der Waals surface area contributed by atoms with Crippen LogP contribution in [0.4, 0.5) is 0 Å². The van der Waals surface area contributed by atoms with Crippen molar-refractivity contribution in [1.82, 2.24) is 4.98 Å². The second-order valence-electron chi connectivity index (χ2n) is 5.14. The molecule has 1 aromatic rings. The first-order valence-corrected chi connectivity index (χ1v) is 7.06. The number of pyridine rings is 1. The lowest BCUT2D eigenvalue weighted by Crippen LogP contribution is -2.02. The summed E-state index contributed by atoms with van der Waals surface area (Å²) in [6, 6.07) is 4.27. The molecule has 2 aliphatic rings. The maximum Gasteiger partial charge on any atom is 0.0518 e. The fourth-order valence-corrected chi connectivity index (χ4v) is 3.45. The lowest BCUT2D eigenvalue weighted by molar-refractivity contribution is 0.671. The Morgan fingerprint density at radius 1 is 1.18 bits per heavy atom. The summed E-state index contributed by atoms with van der Waals surface area (Å²) in [4.78, 5) is 4.59. The predicted molar refractivity (Wildman–Crippen MR) is 71.5 cm³/mol. The van der Waals surface area contributed by atoms with E-state index in [1.54, 1.807) is 5.57 Å². The minimum absolute atomic E-state index is 0.236. The van der Waals surface area contributed by atoms with E-state index in [0.29, 0.717) is 5.92 Å². The SMILES string of the molecule is ClC1C=C(C2CCc3cccnc32)CCCC1. The quantitative estimate of drug-likeness (QED) is 0.535. The third kappa shape index (κ3) is 2.26. The molecule has 3 rings (SSSR count). The number of allylic oxidation sites excluding steroid dienone is 2. The summed E-state index contributed by atoms with van der Waals surface area (Å²) in [6.07, 6.45) is 11.5. The maximum absolute atomic E-state index is 6.32. The molecule has 0 fully saturated rings. The van der Waals surface area contributed by atoms with Gasteiger partial charge in [-0.15, -0.1) is 11.6 Å². The van der Waals surface area contributed by atoms with Crippen molar-refractivity contribution in [2.45, 2.75) is 49.8 Å². The Bertz CT molecular complexity index is 438. The number of aromatic nitrogens is 1. The molecule has 2 atom stereocenters. The van der Waals surface area contributed by atoms with Crippen molar-refractivity contribution in [1.29, 1.82) is 0 Å². The van der Waals surface area contributed by atoms with E-state index in [-0.39, 0.29) is 5.38 Å². The molecule has 0 spiro atoms. The Hall–Kier alpha value is -0.820. The molecular weight excluding hydrogens is 230 g/mol. The highest BCUT2D eigenvalue weighted by atomic mass is 35.5. The second kappa shape index (κ2) is 4.81. The van der Waals surface area contributed by atoms with E-state index >= 15 is 0 Å². The summed E-state index contributed by atoms with van der Waals surface area (Å²) >= 11 is 6.32. The van der Waals surface area contributed by atoms with E-state index in [9.17, 15) is 0 Å². The van der Waals surface area contributed by atoms with Gasteiger partial charge in [0.1, 0.15) is 0 Å². The molecule has 0 saturated heterocycles. The highest BCUT2D eigenvalue weighted by Gasteiger charge is 2.27. The molecule has 1 aromatic heterocycles. The molecule has 17 heavy (non-hydrogen) atoms. The van der Waals surface area contributed by atoms with Crippen molar-refractivity contribution in [3.05, 3.63) is 41.2 Å². The van der Waals surface area contributed by atoms with Crippen LogP contribution in [0.3, 0.4) is 0 Å². The molecule has 0 saturated carbocycles. The van der Waals surface area contributed by atoms with E-state index in [2.05, 4.69) is 17.1 Å². The highest BCUT2D eigenvalue weighted by Crippen LogP contribution is 2.40. The zero-order chi connectivity index (χ0) is 11.7. The molecule has 1 heterocycles. The molecule has 0 aliphatic heterocycles. The van der Waals surface area contributed by atoms with Gasteiger partial charge in [0, 0.05) is 12.1 Å². The fraction of sp³-hybridized carbons (Fsp3) is 0.533. The first-order valence-electron chi connectivity index (χ1n) is 6.63. The van der Waals surface area contributed by atoms with E-state index in [0.717, 1.165) is 6.42 Å². The van der Waals surface area contributed by atoms with Crippen molar-refractivity contribution in [3.63, 3.8) is 0 Å². The average molecular weight is 248 g/mol. The van der Waals surface area contributed by atoms with Crippen molar-refractivity contribution in [2.24, 2.45) is 0 Å². The number of alkyl halides is 1. The fourth-order valence-electron chi connectivity index (χ4n) is 3.13. The Morgan fingerprint density at radius 3 is 3.06 bits per heavy atom. The van der Waals surface area contributed by atoms with E-state index in [1.807, 2.05) is 12.3 Å². The van der Waals surface area contributed by atoms with Gasteiger partial charge in [-0.25, -0.2) is 0 Å². The van der Waals surface area contributed by atoms with Crippen molar-refractivity contribution in [3.8, 4) is 0 Å². The molecule has 0 N–H and O–H groups in total. The van der Waals surface area contributed by atoms with Crippen LogP contribution in [0, 0.1) is 0 Å². The zero-order valence-corrected chi connectivity index (χ0v) is 10.8. The standard InChI is InChI=1S/C15H18ClN/c16-13-6-2-1-4-12(10-13)14-8-7-11-5-3-9-17-15(11)14/h3,5,9-10,13-14H,1-2,4,6-8H2. The largest absolute Gasteiger partial charge is 0.260 e. The maximum atomic E-state index is 6.32. The molecular formula is C15H18ClN. The normalized spacial score (nSPS) is 28.4. The minimum atomic E-state index is 0.236. The van der Waals surface area contributed by atoms with Gasteiger partial charge in [0.15, 0.2) is 0 Å². The number of nitrogens with zero attached hydrogens (tertiary/aromatic N) is 1. The van der Waals surface area contributed by atoms with Gasteiger partial charge in [-0.3, -0.25) is 4.98 Å². The predicted octanol–water partition coefficient (Wildman–Crippen LogP) is 4.22. The lowest BCUT2D eigenvalue weighted by atomic mass is 9.92. The van der Waals surface area contributed by atoms with Gasteiger partial charge < -0.3 is 0 Å². The monoisotopic (exact) mass is 247 g/mol. The Kier molecular flexibility index (Phi) is 3.19. The molecule has 2 aliphatic carbocycles. The summed E-state index contributed by atoms with van der Waals surface area (Å²) < 4.78 is 0. The van der Waals surface area contributed by atoms with E-state index < -0.39 is 0 Å². The topological polar surface area (TPSA) is 12.9 Å². The summed E-state index contributed by atoms with van der Waals surface area (Å²) in [5.41, 5.74) is 4.29. The number of hydrogen-bond donors (Lipinski definition) is 0. The van der Waals surface area contributed by atoms with Crippen LogP contribution in [0.5, 0.6) is 0 Å². The number of halogens is 1. The van der Waals surface area contributed by atoms with Gasteiger partial charge in [-0.2, -0.15) is 0 Å². The number of fused-ring (bicyclic) bond motifs is 1. The minimum Gasteiger partial charge on any atom is -0.260 e. The lowest BCUT2D eigenvalue weighted by Gasteiger charge is -2.15. The molecule has 1 nitrogen and oxygen atoms in total. The average Bonchev–Trinajstić information content (AvgIpc) is 2.66.